The van der Waals surface area contributed by atoms with Crippen molar-refractivity contribution in [2.45, 2.75) is 38.8 Å². The molecule has 4 nitrogen and oxygen atoms in total. The van der Waals surface area contributed by atoms with Gasteiger partial charge in [-0.05, 0) is 50.2 Å². The molecule has 3 rings (SSSR count). The van der Waals surface area contributed by atoms with E-state index in [1.165, 1.54) is 12.4 Å². The monoisotopic (exact) mass is 365 g/mol. The number of H-pyrrole nitrogens is 1. The van der Waals surface area contributed by atoms with Crippen molar-refractivity contribution in [2.24, 2.45) is 5.92 Å². The maximum atomic E-state index is 13.1. The van der Waals surface area contributed by atoms with Crippen LogP contribution in [0.15, 0.2) is 30.6 Å². The molecule has 0 saturated carbocycles. The number of halogens is 3. The van der Waals surface area contributed by atoms with Crippen molar-refractivity contribution in [1.82, 2.24) is 14.9 Å². The van der Waals surface area contributed by atoms with Gasteiger partial charge in [0.1, 0.15) is 5.69 Å². The van der Waals surface area contributed by atoms with Crippen molar-refractivity contribution in [3.63, 3.8) is 0 Å². The number of amides is 1. The molecule has 1 unspecified atom stereocenters. The van der Waals surface area contributed by atoms with E-state index in [-0.39, 0.29) is 11.8 Å². The smallest absolute Gasteiger partial charge is 0.348 e. The van der Waals surface area contributed by atoms with Crippen molar-refractivity contribution in [2.75, 3.05) is 13.1 Å². The zero-order valence-corrected chi connectivity index (χ0v) is 14.6. The van der Waals surface area contributed by atoms with Gasteiger partial charge in [-0.2, -0.15) is 13.2 Å². The SMILES string of the molecule is Cc1[nH]cnc1C(=O)N1CCCC(CCc2ccccc2C(F)(F)F)C1. The number of nitrogens with one attached hydrogen (secondary N) is 1. The van der Waals surface area contributed by atoms with E-state index in [9.17, 15) is 18.0 Å². The highest BCUT2D eigenvalue weighted by Gasteiger charge is 2.33. The Labute approximate surface area is 150 Å². The van der Waals surface area contributed by atoms with Gasteiger partial charge in [0.15, 0.2) is 0 Å². The fraction of sp³-hybridized carbons (Fsp3) is 0.474. The number of piperidine rings is 1. The molecule has 2 heterocycles. The van der Waals surface area contributed by atoms with Crippen molar-refractivity contribution in [1.29, 1.82) is 0 Å². The average Bonchev–Trinajstić information content (AvgIpc) is 3.05. The first-order chi connectivity index (χ1) is 12.4. The van der Waals surface area contributed by atoms with E-state index in [4.69, 9.17) is 0 Å². The molecular weight excluding hydrogens is 343 g/mol. The molecule has 1 N–H and O–H groups in total. The molecule has 1 atom stereocenters. The van der Waals surface area contributed by atoms with Gasteiger partial charge in [-0.3, -0.25) is 4.79 Å². The van der Waals surface area contributed by atoms with E-state index < -0.39 is 11.7 Å². The predicted molar refractivity (Wildman–Crippen MR) is 91.7 cm³/mol. The fourth-order valence-electron chi connectivity index (χ4n) is 3.58. The number of carbonyl (C=O) groups is 1. The Morgan fingerprint density at radius 3 is 2.81 bits per heavy atom. The predicted octanol–water partition coefficient (Wildman–Crippen LogP) is 4.22. The molecule has 0 aliphatic carbocycles. The van der Waals surface area contributed by atoms with Crippen LogP contribution in [0.4, 0.5) is 13.2 Å². The summed E-state index contributed by atoms with van der Waals surface area (Å²) in [5, 5.41) is 0. The fourth-order valence-corrected chi connectivity index (χ4v) is 3.58. The van der Waals surface area contributed by atoms with Crippen LogP contribution in [-0.4, -0.2) is 33.9 Å². The van der Waals surface area contributed by atoms with Crippen molar-refractivity contribution in [3.8, 4) is 0 Å². The van der Waals surface area contributed by atoms with Crippen LogP contribution < -0.4 is 0 Å². The number of alkyl halides is 3. The summed E-state index contributed by atoms with van der Waals surface area (Å²) < 4.78 is 39.3. The number of benzene rings is 1. The summed E-state index contributed by atoms with van der Waals surface area (Å²) in [6.45, 7) is 3.04. The third kappa shape index (κ3) is 4.08. The number of hydrogen-bond acceptors (Lipinski definition) is 2. The van der Waals surface area contributed by atoms with Crippen LogP contribution in [0.2, 0.25) is 0 Å². The van der Waals surface area contributed by atoms with E-state index >= 15 is 0 Å². The molecule has 0 spiro atoms. The Morgan fingerprint density at radius 1 is 1.35 bits per heavy atom. The molecular formula is C19H22F3N3O. The first-order valence-electron chi connectivity index (χ1n) is 8.80. The molecule has 0 bridgehead atoms. The molecule has 1 saturated heterocycles. The highest BCUT2D eigenvalue weighted by molar-refractivity contribution is 5.93. The standard InChI is InChI=1S/C19H22F3N3O/c1-13-17(24-12-23-13)18(26)25-10-4-5-14(11-25)8-9-15-6-2-3-7-16(15)19(20,21)22/h2-3,6-7,12,14H,4-5,8-11H2,1H3,(H,23,24). The number of carbonyl (C=O) groups excluding carboxylic acids is 1. The number of aromatic nitrogens is 2. The highest BCUT2D eigenvalue weighted by atomic mass is 19.4. The third-order valence-corrected chi connectivity index (χ3v) is 4.98. The number of nitrogens with zero attached hydrogens (tertiary/aromatic N) is 2. The van der Waals surface area contributed by atoms with E-state index in [1.54, 1.807) is 24.0 Å². The second kappa shape index (κ2) is 7.51. The van der Waals surface area contributed by atoms with Crippen molar-refractivity contribution in [3.05, 3.63) is 53.1 Å². The van der Waals surface area contributed by atoms with Gasteiger partial charge in [-0.1, -0.05) is 18.2 Å². The van der Waals surface area contributed by atoms with Gasteiger partial charge in [0.05, 0.1) is 11.9 Å². The van der Waals surface area contributed by atoms with Gasteiger partial charge in [0.25, 0.3) is 5.91 Å². The summed E-state index contributed by atoms with van der Waals surface area (Å²) in [6.07, 6.45) is -0.0424. The molecule has 1 aromatic carbocycles. The summed E-state index contributed by atoms with van der Waals surface area (Å²) >= 11 is 0. The van der Waals surface area contributed by atoms with Gasteiger partial charge < -0.3 is 9.88 Å². The third-order valence-electron chi connectivity index (χ3n) is 4.98. The van der Waals surface area contributed by atoms with Crippen LogP contribution in [0.1, 0.15) is 46.6 Å². The molecule has 1 aromatic heterocycles. The van der Waals surface area contributed by atoms with Gasteiger partial charge in [-0.15, -0.1) is 0 Å². The normalized spacial score (nSPS) is 18.2. The maximum Gasteiger partial charge on any atom is 0.416 e. The largest absolute Gasteiger partial charge is 0.416 e. The maximum absolute atomic E-state index is 13.1. The number of aromatic amines is 1. The average molecular weight is 365 g/mol. The number of aryl methyl sites for hydroxylation is 2. The first-order valence-corrected chi connectivity index (χ1v) is 8.80. The lowest BCUT2D eigenvalue weighted by Crippen LogP contribution is -2.40. The zero-order chi connectivity index (χ0) is 18.7. The van der Waals surface area contributed by atoms with E-state index in [0.29, 0.717) is 37.2 Å². The highest BCUT2D eigenvalue weighted by Crippen LogP contribution is 2.33. The number of likely N-dealkylation sites (tertiary alicyclic amines) is 1. The van der Waals surface area contributed by atoms with Crippen LogP contribution >= 0.6 is 0 Å². The minimum atomic E-state index is -4.33. The molecule has 7 heteroatoms. The molecule has 1 aliphatic rings. The quantitative estimate of drug-likeness (QED) is 0.882. The molecule has 1 aliphatic heterocycles. The molecule has 1 amide bonds. The second-order valence-electron chi connectivity index (χ2n) is 6.83. The lowest BCUT2D eigenvalue weighted by atomic mass is 9.90. The minimum absolute atomic E-state index is 0.107. The zero-order valence-electron chi connectivity index (χ0n) is 14.6. The van der Waals surface area contributed by atoms with Gasteiger partial charge in [0, 0.05) is 18.8 Å². The van der Waals surface area contributed by atoms with Crippen molar-refractivity contribution >= 4 is 5.91 Å². The Bertz CT molecular complexity index is 769. The molecule has 140 valence electrons. The Kier molecular flexibility index (Phi) is 5.34. The topological polar surface area (TPSA) is 49.0 Å². The summed E-state index contributed by atoms with van der Waals surface area (Å²) in [4.78, 5) is 21.3. The van der Waals surface area contributed by atoms with Crippen LogP contribution in [0, 0.1) is 12.8 Å². The van der Waals surface area contributed by atoms with Gasteiger partial charge in [-0.25, -0.2) is 4.98 Å². The second-order valence-corrected chi connectivity index (χ2v) is 6.83. The van der Waals surface area contributed by atoms with Crippen LogP contribution in [0.5, 0.6) is 0 Å². The van der Waals surface area contributed by atoms with Crippen molar-refractivity contribution < 1.29 is 18.0 Å². The lowest BCUT2D eigenvalue weighted by Gasteiger charge is -2.32. The molecule has 0 radical (unpaired) electrons. The van der Waals surface area contributed by atoms with E-state index in [0.717, 1.165) is 24.6 Å². The minimum Gasteiger partial charge on any atom is -0.348 e. The number of imidazole rings is 1. The van der Waals surface area contributed by atoms with Gasteiger partial charge >= 0.3 is 6.18 Å². The number of rotatable bonds is 4. The lowest BCUT2D eigenvalue weighted by molar-refractivity contribution is -0.138. The molecule has 2 aromatic rings. The Hall–Kier alpha value is -2.31. The Balaban J connectivity index is 1.63. The summed E-state index contributed by atoms with van der Waals surface area (Å²) in [6, 6.07) is 5.73. The molecule has 1 fully saturated rings. The summed E-state index contributed by atoms with van der Waals surface area (Å²) in [7, 11) is 0. The summed E-state index contributed by atoms with van der Waals surface area (Å²) in [5.74, 6) is 0.0948. The Morgan fingerprint density at radius 2 is 2.12 bits per heavy atom. The molecule has 26 heavy (non-hydrogen) atoms. The van der Waals surface area contributed by atoms with E-state index in [1.807, 2.05) is 0 Å². The van der Waals surface area contributed by atoms with Crippen LogP contribution in [0.25, 0.3) is 0 Å². The first kappa shape index (κ1) is 18.5. The van der Waals surface area contributed by atoms with E-state index in [2.05, 4.69) is 9.97 Å². The number of hydrogen-bond donors (Lipinski definition) is 1. The van der Waals surface area contributed by atoms with Crippen LogP contribution in [0.3, 0.4) is 0 Å². The summed E-state index contributed by atoms with van der Waals surface area (Å²) in [5.41, 5.74) is 0.923. The van der Waals surface area contributed by atoms with Crippen LogP contribution in [-0.2, 0) is 12.6 Å². The van der Waals surface area contributed by atoms with Gasteiger partial charge in [0.2, 0.25) is 0 Å².